The predicted molar refractivity (Wildman–Crippen MR) is 61.2 cm³/mol. The van der Waals surface area contributed by atoms with Crippen molar-refractivity contribution in [2.45, 2.75) is 32.2 Å². The first-order valence-electron chi connectivity index (χ1n) is 5.59. The minimum absolute atomic E-state index is 0.0173. The maximum atomic E-state index is 9.00. The quantitative estimate of drug-likeness (QED) is 0.845. The Bertz CT molecular complexity index is 347. The fourth-order valence-electron chi connectivity index (χ4n) is 1.95. The van der Waals surface area contributed by atoms with E-state index in [0.29, 0.717) is 13.0 Å². The molecule has 88 valence electrons. The van der Waals surface area contributed by atoms with E-state index >= 15 is 0 Å². The Morgan fingerprint density at radius 2 is 2.06 bits per heavy atom. The first kappa shape index (κ1) is 11.6. The van der Waals surface area contributed by atoms with Gasteiger partial charge in [0.2, 0.25) is 0 Å². The number of ether oxygens (including phenoxy) is 2. The minimum atomic E-state index is -0.595. The number of benzene rings is 1. The van der Waals surface area contributed by atoms with Crippen molar-refractivity contribution in [3.05, 3.63) is 35.4 Å². The number of rotatable bonds is 3. The first-order valence-corrected chi connectivity index (χ1v) is 5.59. The molecule has 1 N–H and O–H groups in total. The Hall–Kier alpha value is -0.900. The zero-order valence-corrected chi connectivity index (χ0v) is 9.77. The average Bonchev–Trinajstić information content (AvgIpc) is 2.64. The summed E-state index contributed by atoms with van der Waals surface area (Å²) in [7, 11) is 0. The highest BCUT2D eigenvalue weighted by molar-refractivity contribution is 5.22. The normalized spacial score (nSPS) is 29.6. The Balaban J connectivity index is 2.01. The lowest BCUT2D eigenvalue weighted by molar-refractivity contribution is -0.156. The van der Waals surface area contributed by atoms with Crippen LogP contribution in [-0.2, 0) is 15.9 Å². The van der Waals surface area contributed by atoms with Crippen LogP contribution < -0.4 is 0 Å². The van der Waals surface area contributed by atoms with Crippen molar-refractivity contribution in [1.29, 1.82) is 0 Å². The van der Waals surface area contributed by atoms with Crippen LogP contribution in [-0.4, -0.2) is 30.2 Å². The zero-order chi connectivity index (χ0) is 11.6. The monoisotopic (exact) mass is 222 g/mol. The van der Waals surface area contributed by atoms with E-state index in [9.17, 15) is 0 Å². The summed E-state index contributed by atoms with van der Waals surface area (Å²) in [6, 6.07) is 8.33. The van der Waals surface area contributed by atoms with Crippen LogP contribution >= 0.6 is 0 Å². The van der Waals surface area contributed by atoms with Crippen molar-refractivity contribution in [1.82, 2.24) is 0 Å². The Morgan fingerprint density at radius 3 is 2.62 bits per heavy atom. The van der Waals surface area contributed by atoms with E-state index in [0.717, 1.165) is 0 Å². The molecule has 16 heavy (non-hydrogen) atoms. The van der Waals surface area contributed by atoms with E-state index in [1.165, 1.54) is 11.1 Å². The molecule has 1 fully saturated rings. The molecule has 0 bridgehead atoms. The molecule has 3 nitrogen and oxygen atoms in total. The lowest BCUT2D eigenvalue weighted by Crippen LogP contribution is -2.30. The van der Waals surface area contributed by atoms with E-state index in [2.05, 4.69) is 31.2 Å². The fraction of sp³-hybridized carbons (Fsp3) is 0.538. The largest absolute Gasteiger partial charge is 0.394 e. The zero-order valence-electron chi connectivity index (χ0n) is 9.77. The van der Waals surface area contributed by atoms with Gasteiger partial charge in [-0.05, 0) is 19.4 Å². The summed E-state index contributed by atoms with van der Waals surface area (Å²) >= 11 is 0. The van der Waals surface area contributed by atoms with Crippen LogP contribution in [0.1, 0.15) is 18.1 Å². The second-order valence-electron chi connectivity index (χ2n) is 4.53. The van der Waals surface area contributed by atoms with Gasteiger partial charge in [-0.1, -0.05) is 29.8 Å². The van der Waals surface area contributed by atoms with Gasteiger partial charge in [0.25, 0.3) is 0 Å². The van der Waals surface area contributed by atoms with Crippen LogP contribution in [0.4, 0.5) is 0 Å². The third-order valence-corrected chi connectivity index (χ3v) is 2.84. The van der Waals surface area contributed by atoms with E-state index in [1.807, 2.05) is 6.92 Å². The SMILES string of the molecule is Cc1ccc(CC2(C)OCC(CO)O2)cc1. The summed E-state index contributed by atoms with van der Waals surface area (Å²) in [6.45, 7) is 4.47. The van der Waals surface area contributed by atoms with Gasteiger partial charge in [0.05, 0.1) is 13.2 Å². The van der Waals surface area contributed by atoms with E-state index in [-0.39, 0.29) is 12.7 Å². The molecule has 1 aromatic carbocycles. The first-order chi connectivity index (χ1) is 7.61. The van der Waals surface area contributed by atoms with Crippen LogP contribution in [0.5, 0.6) is 0 Å². The van der Waals surface area contributed by atoms with Crippen molar-refractivity contribution in [3.8, 4) is 0 Å². The topological polar surface area (TPSA) is 38.7 Å². The maximum absolute atomic E-state index is 9.00. The van der Waals surface area contributed by atoms with Crippen molar-refractivity contribution < 1.29 is 14.6 Å². The molecule has 3 heteroatoms. The van der Waals surface area contributed by atoms with Crippen molar-refractivity contribution in [2.24, 2.45) is 0 Å². The second-order valence-corrected chi connectivity index (χ2v) is 4.53. The highest BCUT2D eigenvalue weighted by Crippen LogP contribution is 2.27. The molecule has 1 aromatic rings. The predicted octanol–water partition coefficient (Wildman–Crippen LogP) is 1.66. The molecule has 1 heterocycles. The standard InChI is InChI=1S/C13H18O3/c1-10-3-5-11(6-4-10)7-13(2)15-9-12(8-14)16-13/h3-6,12,14H,7-9H2,1-2H3. The molecule has 0 radical (unpaired) electrons. The Morgan fingerprint density at radius 1 is 1.38 bits per heavy atom. The molecule has 2 rings (SSSR count). The van der Waals surface area contributed by atoms with Gasteiger partial charge in [-0.25, -0.2) is 0 Å². The molecule has 2 atom stereocenters. The van der Waals surface area contributed by atoms with Gasteiger partial charge < -0.3 is 14.6 Å². The van der Waals surface area contributed by atoms with Gasteiger partial charge in [0.1, 0.15) is 6.10 Å². The van der Waals surface area contributed by atoms with Crippen LogP contribution in [0.3, 0.4) is 0 Å². The number of hydrogen-bond acceptors (Lipinski definition) is 3. The molecule has 2 unspecified atom stereocenters. The second kappa shape index (κ2) is 4.53. The molecule has 1 saturated heterocycles. The van der Waals surface area contributed by atoms with Gasteiger partial charge >= 0.3 is 0 Å². The summed E-state index contributed by atoms with van der Waals surface area (Å²) in [5.74, 6) is -0.595. The van der Waals surface area contributed by atoms with Crippen LogP contribution in [0, 0.1) is 6.92 Å². The maximum Gasteiger partial charge on any atom is 0.170 e. The van der Waals surface area contributed by atoms with Gasteiger partial charge in [0.15, 0.2) is 5.79 Å². The summed E-state index contributed by atoms with van der Waals surface area (Å²) < 4.78 is 11.3. The lowest BCUT2D eigenvalue weighted by Gasteiger charge is -2.23. The summed E-state index contributed by atoms with van der Waals surface area (Å²) in [5, 5.41) is 9.00. The molecule has 0 aromatic heterocycles. The van der Waals surface area contributed by atoms with Gasteiger partial charge in [0, 0.05) is 6.42 Å². The van der Waals surface area contributed by atoms with Gasteiger partial charge in [-0.3, -0.25) is 0 Å². The number of aryl methyl sites for hydroxylation is 1. The molecule has 0 amide bonds. The molecular weight excluding hydrogens is 204 g/mol. The van der Waals surface area contributed by atoms with Gasteiger partial charge in [-0.2, -0.15) is 0 Å². The number of hydrogen-bond donors (Lipinski definition) is 1. The summed E-state index contributed by atoms with van der Waals surface area (Å²) in [6.07, 6.45) is 0.527. The van der Waals surface area contributed by atoms with Gasteiger partial charge in [-0.15, -0.1) is 0 Å². The molecule has 0 saturated carbocycles. The molecule has 1 aliphatic heterocycles. The highest BCUT2D eigenvalue weighted by Gasteiger charge is 2.36. The van der Waals surface area contributed by atoms with Crippen molar-refractivity contribution in [2.75, 3.05) is 13.2 Å². The van der Waals surface area contributed by atoms with E-state index in [4.69, 9.17) is 14.6 Å². The average molecular weight is 222 g/mol. The lowest BCUT2D eigenvalue weighted by atomic mass is 10.0. The van der Waals surface area contributed by atoms with E-state index < -0.39 is 5.79 Å². The number of aliphatic hydroxyl groups is 1. The molecule has 0 aliphatic carbocycles. The van der Waals surface area contributed by atoms with Crippen LogP contribution in [0.25, 0.3) is 0 Å². The summed E-state index contributed by atoms with van der Waals surface area (Å²) in [4.78, 5) is 0. The highest BCUT2D eigenvalue weighted by atomic mass is 16.7. The minimum Gasteiger partial charge on any atom is -0.394 e. The number of aliphatic hydroxyl groups excluding tert-OH is 1. The smallest absolute Gasteiger partial charge is 0.170 e. The molecular formula is C13H18O3. The van der Waals surface area contributed by atoms with E-state index in [1.54, 1.807) is 0 Å². The van der Waals surface area contributed by atoms with Crippen molar-refractivity contribution in [3.63, 3.8) is 0 Å². The van der Waals surface area contributed by atoms with Crippen LogP contribution in [0.15, 0.2) is 24.3 Å². The third kappa shape index (κ3) is 2.61. The Labute approximate surface area is 96.0 Å². The van der Waals surface area contributed by atoms with Crippen LogP contribution in [0.2, 0.25) is 0 Å². The van der Waals surface area contributed by atoms with Crippen molar-refractivity contribution >= 4 is 0 Å². The molecule has 0 spiro atoms. The summed E-state index contributed by atoms with van der Waals surface area (Å²) in [5.41, 5.74) is 2.43. The third-order valence-electron chi connectivity index (χ3n) is 2.84. The fourth-order valence-corrected chi connectivity index (χ4v) is 1.95. The molecule has 1 aliphatic rings. The Kier molecular flexibility index (Phi) is 3.28.